The van der Waals surface area contributed by atoms with Gasteiger partial charge < -0.3 is 10.5 Å². The molecule has 0 amide bonds. The van der Waals surface area contributed by atoms with E-state index in [-0.39, 0.29) is 12.4 Å². The molecule has 2 N–H and O–H groups in total. The number of benzene rings is 2. The van der Waals surface area contributed by atoms with Crippen LogP contribution in [0.25, 0.3) is 0 Å². The normalized spacial score (nSPS) is 10.2. The number of nitrogen functional groups attached to an aromatic ring is 1. The number of esters is 1. The molecule has 0 radical (unpaired) electrons. The molecule has 0 aliphatic carbocycles. The Morgan fingerprint density at radius 1 is 1.05 bits per heavy atom. The van der Waals surface area contributed by atoms with Gasteiger partial charge >= 0.3 is 5.97 Å². The first-order valence-electron chi connectivity index (χ1n) is 6.42. The molecular formula is C16H17NO2S. The van der Waals surface area contributed by atoms with Gasteiger partial charge in [-0.25, -0.2) is 0 Å². The molecule has 0 unspecified atom stereocenters. The average Bonchev–Trinajstić information content (AvgIpc) is 2.47. The summed E-state index contributed by atoms with van der Waals surface area (Å²) in [5, 5.41) is 0. The van der Waals surface area contributed by atoms with Crippen LogP contribution in [0.2, 0.25) is 0 Å². The first-order valence-corrected chi connectivity index (χ1v) is 7.41. The summed E-state index contributed by atoms with van der Waals surface area (Å²) < 4.78 is 5.21. The number of thioether (sulfide) groups is 1. The molecule has 2 rings (SSSR count). The van der Waals surface area contributed by atoms with Gasteiger partial charge in [0.15, 0.2) is 0 Å². The van der Waals surface area contributed by atoms with Gasteiger partial charge in [-0.05, 0) is 23.8 Å². The van der Waals surface area contributed by atoms with Crippen molar-refractivity contribution in [2.75, 3.05) is 18.1 Å². The number of carbonyl (C=O) groups excluding carboxylic acids is 1. The van der Waals surface area contributed by atoms with Gasteiger partial charge in [-0.15, -0.1) is 11.8 Å². The highest BCUT2D eigenvalue weighted by atomic mass is 32.2. The van der Waals surface area contributed by atoms with E-state index in [0.29, 0.717) is 12.3 Å². The first kappa shape index (κ1) is 14.5. The molecule has 0 heterocycles. The van der Waals surface area contributed by atoms with Crippen LogP contribution < -0.4 is 5.73 Å². The molecule has 0 aromatic heterocycles. The van der Waals surface area contributed by atoms with Crippen molar-refractivity contribution in [1.82, 2.24) is 0 Å². The fourth-order valence-corrected chi connectivity index (χ4v) is 2.49. The van der Waals surface area contributed by atoms with Gasteiger partial charge in [0.2, 0.25) is 0 Å². The zero-order valence-electron chi connectivity index (χ0n) is 11.1. The van der Waals surface area contributed by atoms with Crippen LogP contribution in [0, 0.1) is 0 Å². The molecule has 0 saturated heterocycles. The summed E-state index contributed by atoms with van der Waals surface area (Å²) >= 11 is 1.67. The lowest BCUT2D eigenvalue weighted by Crippen LogP contribution is -2.11. The van der Waals surface area contributed by atoms with E-state index < -0.39 is 0 Å². The van der Waals surface area contributed by atoms with Crippen molar-refractivity contribution >= 4 is 23.4 Å². The maximum absolute atomic E-state index is 11.7. The minimum atomic E-state index is -0.239. The largest absolute Gasteiger partial charge is 0.465 e. The van der Waals surface area contributed by atoms with E-state index in [2.05, 4.69) is 0 Å². The van der Waals surface area contributed by atoms with Crippen LogP contribution in [0.3, 0.4) is 0 Å². The molecule has 104 valence electrons. The summed E-state index contributed by atoms with van der Waals surface area (Å²) in [4.78, 5) is 12.9. The summed E-state index contributed by atoms with van der Waals surface area (Å²) in [5.41, 5.74) is 7.23. The second-order valence-electron chi connectivity index (χ2n) is 4.26. The number of anilines is 1. The number of carbonyl (C=O) groups is 1. The predicted octanol–water partition coefficient (Wildman–Crippen LogP) is 3.15. The lowest BCUT2D eigenvalue weighted by Gasteiger charge is -2.06. The Morgan fingerprint density at radius 3 is 2.50 bits per heavy atom. The average molecular weight is 287 g/mol. The smallest absolute Gasteiger partial charge is 0.310 e. The number of nitrogens with two attached hydrogens (primary N) is 1. The molecule has 0 aliphatic rings. The number of rotatable bonds is 6. The molecule has 20 heavy (non-hydrogen) atoms. The molecule has 2 aromatic rings. The zero-order valence-corrected chi connectivity index (χ0v) is 11.9. The Hall–Kier alpha value is -1.94. The highest BCUT2D eigenvalue weighted by Crippen LogP contribution is 2.16. The van der Waals surface area contributed by atoms with Crippen LogP contribution in [-0.2, 0) is 16.0 Å². The van der Waals surface area contributed by atoms with E-state index in [4.69, 9.17) is 10.5 Å². The monoisotopic (exact) mass is 287 g/mol. The maximum atomic E-state index is 11.7. The highest BCUT2D eigenvalue weighted by Gasteiger charge is 2.07. The van der Waals surface area contributed by atoms with Crippen molar-refractivity contribution < 1.29 is 9.53 Å². The fraction of sp³-hybridized carbons (Fsp3) is 0.188. The molecule has 0 fully saturated rings. The van der Waals surface area contributed by atoms with Crippen LogP contribution >= 0.6 is 11.8 Å². The van der Waals surface area contributed by atoms with E-state index in [0.717, 1.165) is 11.3 Å². The Bertz CT molecular complexity index is 557. The van der Waals surface area contributed by atoms with E-state index >= 15 is 0 Å². The molecular weight excluding hydrogens is 270 g/mol. The molecule has 0 aliphatic heterocycles. The third-order valence-corrected chi connectivity index (χ3v) is 3.72. The van der Waals surface area contributed by atoms with Crippen LogP contribution in [0.5, 0.6) is 0 Å². The van der Waals surface area contributed by atoms with Crippen molar-refractivity contribution in [2.24, 2.45) is 0 Å². The quantitative estimate of drug-likeness (QED) is 0.384. The molecule has 4 heteroatoms. The van der Waals surface area contributed by atoms with Gasteiger partial charge in [0, 0.05) is 16.3 Å². The molecule has 0 saturated carbocycles. The lowest BCUT2D eigenvalue weighted by atomic mass is 10.1. The Morgan fingerprint density at radius 2 is 1.75 bits per heavy atom. The number of hydrogen-bond donors (Lipinski definition) is 1. The lowest BCUT2D eigenvalue weighted by molar-refractivity contribution is -0.142. The van der Waals surface area contributed by atoms with E-state index in [1.807, 2.05) is 48.5 Å². The summed E-state index contributed by atoms with van der Waals surface area (Å²) in [6.45, 7) is 0.408. The summed E-state index contributed by atoms with van der Waals surface area (Å²) in [5.74, 6) is 0.511. The Kier molecular flexibility index (Phi) is 5.50. The Balaban J connectivity index is 1.69. The highest BCUT2D eigenvalue weighted by molar-refractivity contribution is 7.99. The Labute approximate surface area is 123 Å². The number of para-hydroxylation sites is 1. The molecule has 0 atom stereocenters. The summed E-state index contributed by atoms with van der Waals surface area (Å²) in [7, 11) is 0. The van der Waals surface area contributed by atoms with Crippen molar-refractivity contribution in [2.45, 2.75) is 11.3 Å². The van der Waals surface area contributed by atoms with E-state index in [9.17, 15) is 4.79 Å². The third kappa shape index (κ3) is 4.63. The predicted molar refractivity (Wildman–Crippen MR) is 82.7 cm³/mol. The molecule has 0 spiro atoms. The van der Waals surface area contributed by atoms with Gasteiger partial charge in [-0.3, -0.25) is 4.79 Å². The summed E-state index contributed by atoms with van der Waals surface area (Å²) in [6.07, 6.45) is 0.225. The van der Waals surface area contributed by atoms with Crippen LogP contribution in [-0.4, -0.2) is 18.3 Å². The van der Waals surface area contributed by atoms with Crippen molar-refractivity contribution in [3.8, 4) is 0 Å². The molecule has 0 bridgehead atoms. The van der Waals surface area contributed by atoms with Gasteiger partial charge in [0.1, 0.15) is 6.61 Å². The SMILES string of the molecule is Nc1ccccc1CC(=O)OCCSc1ccccc1. The molecule has 2 aromatic carbocycles. The standard InChI is InChI=1S/C16H17NO2S/c17-15-9-5-4-6-13(15)12-16(18)19-10-11-20-14-7-2-1-3-8-14/h1-9H,10-12,17H2. The zero-order chi connectivity index (χ0) is 14.2. The summed E-state index contributed by atoms with van der Waals surface area (Å²) in [6, 6.07) is 17.4. The maximum Gasteiger partial charge on any atom is 0.310 e. The van der Waals surface area contributed by atoms with E-state index in [1.165, 1.54) is 4.90 Å². The van der Waals surface area contributed by atoms with Crippen LogP contribution in [0.4, 0.5) is 5.69 Å². The van der Waals surface area contributed by atoms with Crippen LogP contribution in [0.1, 0.15) is 5.56 Å². The minimum absolute atomic E-state index is 0.225. The van der Waals surface area contributed by atoms with E-state index in [1.54, 1.807) is 17.8 Å². The first-order chi connectivity index (χ1) is 9.75. The minimum Gasteiger partial charge on any atom is -0.465 e. The molecule has 3 nitrogen and oxygen atoms in total. The second-order valence-corrected chi connectivity index (χ2v) is 5.43. The van der Waals surface area contributed by atoms with Gasteiger partial charge in [0.05, 0.1) is 6.42 Å². The third-order valence-electron chi connectivity index (χ3n) is 2.75. The topological polar surface area (TPSA) is 52.3 Å². The van der Waals surface area contributed by atoms with Crippen molar-refractivity contribution in [3.05, 3.63) is 60.2 Å². The number of ether oxygens (including phenoxy) is 1. The van der Waals surface area contributed by atoms with Crippen molar-refractivity contribution in [3.63, 3.8) is 0 Å². The van der Waals surface area contributed by atoms with Crippen LogP contribution in [0.15, 0.2) is 59.5 Å². The van der Waals surface area contributed by atoms with Gasteiger partial charge in [0.25, 0.3) is 0 Å². The fourth-order valence-electron chi connectivity index (χ4n) is 1.73. The second kappa shape index (κ2) is 7.60. The van der Waals surface area contributed by atoms with Gasteiger partial charge in [-0.2, -0.15) is 0 Å². The van der Waals surface area contributed by atoms with Gasteiger partial charge in [-0.1, -0.05) is 36.4 Å². The number of hydrogen-bond acceptors (Lipinski definition) is 4. The van der Waals surface area contributed by atoms with Crippen molar-refractivity contribution in [1.29, 1.82) is 0 Å².